The lowest BCUT2D eigenvalue weighted by Crippen LogP contribution is -2.31. The first-order valence-corrected chi connectivity index (χ1v) is 7.37. The summed E-state index contributed by atoms with van der Waals surface area (Å²) in [5.74, 6) is 0.643. The van der Waals surface area contributed by atoms with Crippen molar-refractivity contribution < 1.29 is 9.53 Å². The Morgan fingerprint density at radius 3 is 2.95 bits per heavy atom. The van der Waals surface area contributed by atoms with Crippen molar-refractivity contribution in [3.05, 3.63) is 54.4 Å². The van der Waals surface area contributed by atoms with Gasteiger partial charge in [0, 0.05) is 31.5 Å². The van der Waals surface area contributed by atoms with E-state index in [1.165, 1.54) is 0 Å². The minimum absolute atomic E-state index is 0.0212. The highest BCUT2D eigenvalue weighted by Gasteiger charge is 2.28. The Morgan fingerprint density at radius 1 is 1.32 bits per heavy atom. The maximum Gasteiger partial charge on any atom is 0.257 e. The number of pyridine rings is 1. The second-order valence-corrected chi connectivity index (χ2v) is 5.32. The molecule has 2 heterocycles. The molecule has 1 aromatic heterocycles. The summed E-state index contributed by atoms with van der Waals surface area (Å²) in [6, 6.07) is 11.5. The molecule has 1 amide bonds. The maximum absolute atomic E-state index is 12.6. The van der Waals surface area contributed by atoms with E-state index in [2.05, 4.69) is 10.3 Å². The van der Waals surface area contributed by atoms with E-state index in [0.717, 1.165) is 18.7 Å². The number of carbonyl (C=O) groups excluding carboxylic acids is 1. The molecule has 5 heteroatoms. The zero-order valence-corrected chi connectivity index (χ0v) is 12.5. The van der Waals surface area contributed by atoms with Gasteiger partial charge in [-0.1, -0.05) is 12.1 Å². The summed E-state index contributed by atoms with van der Waals surface area (Å²) < 4.78 is 5.28. The van der Waals surface area contributed by atoms with Crippen molar-refractivity contribution in [2.75, 3.05) is 25.5 Å². The molecule has 0 saturated carbocycles. The number of hydrogen-bond acceptors (Lipinski definition) is 4. The SMILES string of the molecule is COc1ccccc1C(=O)N1CC[C@H](Nc2cccnc2)C1. The molecule has 114 valence electrons. The van der Waals surface area contributed by atoms with Gasteiger partial charge in [0.05, 0.1) is 18.4 Å². The number of aromatic nitrogens is 1. The van der Waals surface area contributed by atoms with E-state index in [1.807, 2.05) is 41.3 Å². The van der Waals surface area contributed by atoms with E-state index in [1.54, 1.807) is 19.5 Å². The molecule has 0 unspecified atom stereocenters. The summed E-state index contributed by atoms with van der Waals surface area (Å²) in [5, 5.41) is 3.42. The number of benzene rings is 1. The first-order valence-electron chi connectivity index (χ1n) is 7.37. The zero-order valence-electron chi connectivity index (χ0n) is 12.5. The minimum atomic E-state index is 0.0212. The van der Waals surface area contributed by atoms with E-state index in [-0.39, 0.29) is 11.9 Å². The third-order valence-corrected chi connectivity index (χ3v) is 3.85. The molecule has 0 radical (unpaired) electrons. The predicted octanol–water partition coefficient (Wildman–Crippen LogP) is 2.42. The quantitative estimate of drug-likeness (QED) is 0.941. The highest BCUT2D eigenvalue weighted by molar-refractivity contribution is 5.97. The summed E-state index contributed by atoms with van der Waals surface area (Å²) in [6.07, 6.45) is 4.47. The van der Waals surface area contributed by atoms with Crippen molar-refractivity contribution in [3.8, 4) is 5.75 Å². The monoisotopic (exact) mass is 297 g/mol. The van der Waals surface area contributed by atoms with Crippen LogP contribution in [0, 0.1) is 0 Å². The lowest BCUT2D eigenvalue weighted by Gasteiger charge is -2.19. The normalized spacial score (nSPS) is 17.3. The van der Waals surface area contributed by atoms with Gasteiger partial charge in [0.2, 0.25) is 0 Å². The van der Waals surface area contributed by atoms with Crippen LogP contribution in [0.5, 0.6) is 5.75 Å². The van der Waals surface area contributed by atoms with Crippen molar-refractivity contribution in [1.82, 2.24) is 9.88 Å². The average molecular weight is 297 g/mol. The Kier molecular flexibility index (Phi) is 4.23. The first kappa shape index (κ1) is 14.4. The molecule has 0 bridgehead atoms. The van der Waals surface area contributed by atoms with Gasteiger partial charge in [0.1, 0.15) is 5.75 Å². The number of methoxy groups -OCH3 is 1. The minimum Gasteiger partial charge on any atom is -0.496 e. The Balaban J connectivity index is 1.66. The highest BCUT2D eigenvalue weighted by Crippen LogP contribution is 2.22. The summed E-state index contributed by atoms with van der Waals surface area (Å²) in [5.41, 5.74) is 1.60. The van der Waals surface area contributed by atoms with Gasteiger partial charge in [-0.15, -0.1) is 0 Å². The fourth-order valence-corrected chi connectivity index (χ4v) is 2.74. The van der Waals surface area contributed by atoms with Gasteiger partial charge in [-0.05, 0) is 30.7 Å². The third kappa shape index (κ3) is 3.03. The Labute approximate surface area is 129 Å². The van der Waals surface area contributed by atoms with Gasteiger partial charge in [-0.25, -0.2) is 0 Å². The van der Waals surface area contributed by atoms with Gasteiger partial charge in [0.25, 0.3) is 5.91 Å². The van der Waals surface area contributed by atoms with Crippen LogP contribution in [-0.2, 0) is 0 Å². The molecule has 1 saturated heterocycles. The van der Waals surface area contributed by atoms with Gasteiger partial charge in [-0.3, -0.25) is 9.78 Å². The van der Waals surface area contributed by atoms with Crippen molar-refractivity contribution in [1.29, 1.82) is 0 Å². The van der Waals surface area contributed by atoms with Gasteiger partial charge >= 0.3 is 0 Å². The summed E-state index contributed by atoms with van der Waals surface area (Å²) in [4.78, 5) is 18.6. The molecule has 1 aromatic carbocycles. The Bertz CT molecular complexity index is 645. The number of hydrogen-bond donors (Lipinski definition) is 1. The van der Waals surface area contributed by atoms with Gasteiger partial charge < -0.3 is 15.0 Å². The number of carbonyl (C=O) groups is 1. The number of para-hydroxylation sites is 1. The van der Waals surface area contributed by atoms with E-state index in [0.29, 0.717) is 17.9 Å². The third-order valence-electron chi connectivity index (χ3n) is 3.85. The number of anilines is 1. The van der Waals surface area contributed by atoms with Crippen LogP contribution in [0.15, 0.2) is 48.8 Å². The molecular formula is C17H19N3O2. The van der Waals surface area contributed by atoms with Crippen LogP contribution in [-0.4, -0.2) is 42.0 Å². The molecule has 5 nitrogen and oxygen atoms in total. The zero-order chi connectivity index (χ0) is 15.4. The largest absolute Gasteiger partial charge is 0.496 e. The van der Waals surface area contributed by atoms with E-state index < -0.39 is 0 Å². The van der Waals surface area contributed by atoms with Crippen molar-refractivity contribution in [3.63, 3.8) is 0 Å². The van der Waals surface area contributed by atoms with E-state index in [4.69, 9.17) is 4.74 Å². The van der Waals surface area contributed by atoms with Crippen molar-refractivity contribution >= 4 is 11.6 Å². The predicted molar refractivity (Wildman–Crippen MR) is 85.2 cm³/mol. The highest BCUT2D eigenvalue weighted by atomic mass is 16.5. The molecule has 3 rings (SSSR count). The lowest BCUT2D eigenvalue weighted by molar-refractivity contribution is 0.0788. The molecule has 22 heavy (non-hydrogen) atoms. The second-order valence-electron chi connectivity index (χ2n) is 5.32. The van der Waals surface area contributed by atoms with Gasteiger partial charge in [0.15, 0.2) is 0 Å². The number of nitrogens with zero attached hydrogens (tertiary/aromatic N) is 2. The summed E-state index contributed by atoms with van der Waals surface area (Å²) >= 11 is 0. The summed E-state index contributed by atoms with van der Waals surface area (Å²) in [7, 11) is 1.59. The molecule has 1 N–H and O–H groups in total. The molecule has 1 aliphatic heterocycles. The van der Waals surface area contributed by atoms with Crippen LogP contribution in [0.2, 0.25) is 0 Å². The molecular weight excluding hydrogens is 278 g/mol. The smallest absolute Gasteiger partial charge is 0.257 e. The second kappa shape index (κ2) is 6.47. The number of ether oxygens (including phenoxy) is 1. The summed E-state index contributed by atoms with van der Waals surface area (Å²) in [6.45, 7) is 1.43. The van der Waals surface area contributed by atoms with Crippen molar-refractivity contribution in [2.24, 2.45) is 0 Å². The maximum atomic E-state index is 12.6. The molecule has 2 aromatic rings. The van der Waals surface area contributed by atoms with E-state index in [9.17, 15) is 4.79 Å². The Morgan fingerprint density at radius 2 is 2.18 bits per heavy atom. The van der Waals surface area contributed by atoms with Crippen LogP contribution >= 0.6 is 0 Å². The molecule has 1 atom stereocenters. The van der Waals surface area contributed by atoms with Crippen LogP contribution < -0.4 is 10.1 Å². The topological polar surface area (TPSA) is 54.5 Å². The number of likely N-dealkylation sites (tertiary alicyclic amines) is 1. The lowest BCUT2D eigenvalue weighted by atomic mass is 10.2. The van der Waals surface area contributed by atoms with Crippen LogP contribution in [0.1, 0.15) is 16.8 Å². The average Bonchev–Trinajstić information content (AvgIpc) is 3.03. The molecule has 1 fully saturated rings. The van der Waals surface area contributed by atoms with Crippen LogP contribution in [0.3, 0.4) is 0 Å². The van der Waals surface area contributed by atoms with Crippen LogP contribution in [0.4, 0.5) is 5.69 Å². The molecule has 0 spiro atoms. The van der Waals surface area contributed by atoms with Crippen LogP contribution in [0.25, 0.3) is 0 Å². The number of nitrogens with one attached hydrogen (secondary N) is 1. The molecule has 1 aliphatic rings. The molecule has 0 aliphatic carbocycles. The fraction of sp³-hybridized carbons (Fsp3) is 0.294. The van der Waals surface area contributed by atoms with E-state index >= 15 is 0 Å². The Hall–Kier alpha value is -2.56. The standard InChI is InChI=1S/C17H19N3O2/c1-22-16-7-3-2-6-15(16)17(21)20-10-8-14(12-20)19-13-5-4-9-18-11-13/h2-7,9,11,14,19H,8,10,12H2,1H3/t14-/m0/s1. The van der Waals surface area contributed by atoms with Gasteiger partial charge in [-0.2, -0.15) is 0 Å². The fourth-order valence-electron chi connectivity index (χ4n) is 2.74. The number of amides is 1. The number of rotatable bonds is 4. The first-order chi connectivity index (χ1) is 10.8. The van der Waals surface area contributed by atoms with Crippen molar-refractivity contribution in [2.45, 2.75) is 12.5 Å².